The van der Waals surface area contributed by atoms with Gasteiger partial charge < -0.3 is 10.0 Å². The molecule has 2 unspecified atom stereocenters. The molecule has 2 atom stereocenters. The van der Waals surface area contributed by atoms with Gasteiger partial charge in [0.05, 0.1) is 6.10 Å². The first-order valence-corrected chi connectivity index (χ1v) is 7.10. The van der Waals surface area contributed by atoms with Gasteiger partial charge in [0, 0.05) is 12.3 Å². The molecule has 3 heteroatoms. The van der Waals surface area contributed by atoms with Crippen molar-refractivity contribution in [2.45, 2.75) is 51.6 Å². The van der Waals surface area contributed by atoms with Crippen LogP contribution in [0.5, 0.6) is 0 Å². The molecule has 2 aliphatic rings. The second-order valence-corrected chi connectivity index (χ2v) is 5.76. The molecule has 0 aromatic carbocycles. The molecule has 1 aliphatic heterocycles. The molecule has 1 aliphatic carbocycles. The van der Waals surface area contributed by atoms with E-state index in [1.165, 1.54) is 0 Å². The summed E-state index contributed by atoms with van der Waals surface area (Å²) in [6.45, 7) is 5.16. The van der Waals surface area contributed by atoms with Crippen molar-refractivity contribution in [2.75, 3.05) is 19.6 Å². The average molecular weight is 239 g/mol. The van der Waals surface area contributed by atoms with E-state index in [0.717, 1.165) is 58.2 Å². The minimum Gasteiger partial charge on any atom is -0.393 e. The molecular weight excluding hydrogens is 214 g/mol. The zero-order valence-electron chi connectivity index (χ0n) is 10.9. The summed E-state index contributed by atoms with van der Waals surface area (Å²) in [5.74, 6) is 1.33. The maximum absolute atomic E-state index is 11.5. The fourth-order valence-corrected chi connectivity index (χ4v) is 3.19. The molecular formula is C14H25NO2. The molecule has 1 saturated carbocycles. The van der Waals surface area contributed by atoms with Crippen molar-refractivity contribution in [1.29, 1.82) is 0 Å². The van der Waals surface area contributed by atoms with Crippen LogP contribution in [0, 0.1) is 11.8 Å². The number of rotatable bonds is 4. The van der Waals surface area contributed by atoms with Crippen LogP contribution in [-0.2, 0) is 4.79 Å². The van der Waals surface area contributed by atoms with Gasteiger partial charge in [-0.2, -0.15) is 0 Å². The number of piperidine rings is 1. The molecule has 0 bridgehead atoms. The molecule has 3 nitrogen and oxygen atoms in total. The van der Waals surface area contributed by atoms with Crippen LogP contribution in [0.3, 0.4) is 0 Å². The fraction of sp³-hybridized carbons (Fsp3) is 0.929. The van der Waals surface area contributed by atoms with E-state index in [1.54, 1.807) is 0 Å². The number of hydrogen-bond acceptors (Lipinski definition) is 3. The van der Waals surface area contributed by atoms with Gasteiger partial charge >= 0.3 is 0 Å². The van der Waals surface area contributed by atoms with Gasteiger partial charge in [-0.25, -0.2) is 0 Å². The highest BCUT2D eigenvalue weighted by atomic mass is 16.3. The van der Waals surface area contributed by atoms with Gasteiger partial charge in [-0.05, 0) is 64.6 Å². The molecule has 17 heavy (non-hydrogen) atoms. The van der Waals surface area contributed by atoms with Crippen molar-refractivity contribution < 1.29 is 9.90 Å². The van der Waals surface area contributed by atoms with Crippen LogP contribution in [0.25, 0.3) is 0 Å². The largest absolute Gasteiger partial charge is 0.393 e. The monoisotopic (exact) mass is 239 g/mol. The average Bonchev–Trinajstić information content (AvgIpc) is 2.73. The molecule has 0 aromatic rings. The van der Waals surface area contributed by atoms with Gasteiger partial charge in [0.2, 0.25) is 0 Å². The van der Waals surface area contributed by atoms with Crippen molar-refractivity contribution in [3.05, 3.63) is 0 Å². The third-order valence-corrected chi connectivity index (χ3v) is 4.54. The van der Waals surface area contributed by atoms with E-state index >= 15 is 0 Å². The zero-order valence-corrected chi connectivity index (χ0v) is 10.9. The maximum Gasteiger partial charge on any atom is 0.136 e. The summed E-state index contributed by atoms with van der Waals surface area (Å²) in [6.07, 6.45) is 6.14. The summed E-state index contributed by atoms with van der Waals surface area (Å²) < 4.78 is 0. The predicted molar refractivity (Wildman–Crippen MR) is 67.8 cm³/mol. The van der Waals surface area contributed by atoms with Gasteiger partial charge in [-0.1, -0.05) is 0 Å². The molecule has 1 heterocycles. The highest BCUT2D eigenvalue weighted by molar-refractivity contribution is 5.82. The number of ketones is 1. The molecule has 0 radical (unpaired) electrons. The van der Waals surface area contributed by atoms with Crippen molar-refractivity contribution in [3.63, 3.8) is 0 Å². The maximum atomic E-state index is 11.5. The second kappa shape index (κ2) is 5.96. The number of carbonyl (C=O) groups is 1. The van der Waals surface area contributed by atoms with Gasteiger partial charge in [-0.15, -0.1) is 0 Å². The fourth-order valence-electron chi connectivity index (χ4n) is 3.19. The van der Waals surface area contributed by atoms with Crippen LogP contribution in [0.1, 0.15) is 45.4 Å². The van der Waals surface area contributed by atoms with Crippen molar-refractivity contribution in [3.8, 4) is 0 Å². The Morgan fingerprint density at radius 1 is 1.35 bits per heavy atom. The predicted octanol–water partition coefficient (Wildman–Crippen LogP) is 1.84. The summed E-state index contributed by atoms with van der Waals surface area (Å²) in [6, 6.07) is 0. The number of likely N-dealkylation sites (tertiary alicyclic amines) is 1. The summed E-state index contributed by atoms with van der Waals surface area (Å²) in [7, 11) is 0. The third-order valence-electron chi connectivity index (χ3n) is 4.54. The normalized spacial score (nSPS) is 29.8. The molecule has 0 aromatic heterocycles. The Morgan fingerprint density at radius 3 is 2.59 bits per heavy atom. The molecule has 2 fully saturated rings. The first kappa shape index (κ1) is 13.0. The van der Waals surface area contributed by atoms with Crippen LogP contribution in [0.15, 0.2) is 0 Å². The second-order valence-electron chi connectivity index (χ2n) is 5.76. The van der Waals surface area contributed by atoms with E-state index in [2.05, 4.69) is 4.90 Å². The van der Waals surface area contributed by atoms with Gasteiger partial charge in [-0.3, -0.25) is 4.79 Å². The van der Waals surface area contributed by atoms with Crippen molar-refractivity contribution >= 4 is 5.78 Å². The first-order valence-electron chi connectivity index (χ1n) is 7.10. The highest BCUT2D eigenvalue weighted by Crippen LogP contribution is 2.26. The van der Waals surface area contributed by atoms with Gasteiger partial charge in [0.15, 0.2) is 0 Å². The Hall–Kier alpha value is -0.410. The van der Waals surface area contributed by atoms with Crippen molar-refractivity contribution in [1.82, 2.24) is 4.90 Å². The molecule has 0 spiro atoms. The lowest BCUT2D eigenvalue weighted by Crippen LogP contribution is -2.38. The van der Waals surface area contributed by atoms with Gasteiger partial charge in [0.25, 0.3) is 0 Å². The molecule has 0 amide bonds. The van der Waals surface area contributed by atoms with E-state index in [0.29, 0.717) is 17.6 Å². The van der Waals surface area contributed by atoms with Crippen LogP contribution >= 0.6 is 0 Å². The van der Waals surface area contributed by atoms with Gasteiger partial charge in [0.1, 0.15) is 5.78 Å². The number of nitrogens with zero attached hydrogens (tertiary/aromatic N) is 1. The third kappa shape index (κ3) is 3.52. The van der Waals surface area contributed by atoms with Crippen LogP contribution in [0.2, 0.25) is 0 Å². The first-order chi connectivity index (χ1) is 8.16. The number of hydrogen-bond donors (Lipinski definition) is 1. The van der Waals surface area contributed by atoms with E-state index in [-0.39, 0.29) is 6.10 Å². The Balaban J connectivity index is 1.66. The number of carbonyl (C=O) groups excluding carboxylic acids is 1. The summed E-state index contributed by atoms with van der Waals surface area (Å²) in [5.41, 5.74) is 0. The molecule has 1 saturated heterocycles. The summed E-state index contributed by atoms with van der Waals surface area (Å²) in [4.78, 5) is 14.0. The smallest absolute Gasteiger partial charge is 0.136 e. The van der Waals surface area contributed by atoms with Crippen LogP contribution in [0.4, 0.5) is 0 Å². The van der Waals surface area contributed by atoms with E-state index < -0.39 is 0 Å². The standard InChI is InChI=1S/C14H25NO2/c1-11(16)12-5-8-15(9-6-12)10-7-13-3-2-4-14(13)17/h11-13,16H,2-10H2,1H3. The van der Waals surface area contributed by atoms with Crippen LogP contribution in [-0.4, -0.2) is 41.5 Å². The Bertz CT molecular complexity index is 257. The number of aliphatic hydroxyl groups is 1. The van der Waals surface area contributed by atoms with Crippen LogP contribution < -0.4 is 0 Å². The lowest BCUT2D eigenvalue weighted by atomic mass is 9.92. The molecule has 2 rings (SSSR count). The van der Waals surface area contributed by atoms with E-state index in [1.807, 2.05) is 6.92 Å². The minimum atomic E-state index is -0.159. The molecule has 1 N–H and O–H groups in total. The Morgan fingerprint density at radius 2 is 2.06 bits per heavy atom. The summed E-state index contributed by atoms with van der Waals surface area (Å²) >= 11 is 0. The SMILES string of the molecule is CC(O)C1CCN(CCC2CCCC2=O)CC1. The lowest BCUT2D eigenvalue weighted by molar-refractivity contribution is -0.120. The zero-order chi connectivity index (χ0) is 12.3. The topological polar surface area (TPSA) is 40.5 Å². The summed E-state index contributed by atoms with van der Waals surface area (Å²) in [5, 5.41) is 9.54. The van der Waals surface area contributed by atoms with Crippen molar-refractivity contribution in [2.24, 2.45) is 11.8 Å². The van der Waals surface area contributed by atoms with E-state index in [4.69, 9.17) is 0 Å². The quantitative estimate of drug-likeness (QED) is 0.814. The number of Topliss-reactive ketones (excluding diaryl/α,β-unsaturated/α-hetero) is 1. The molecule has 98 valence electrons. The lowest BCUT2D eigenvalue weighted by Gasteiger charge is -2.33. The number of aliphatic hydroxyl groups excluding tert-OH is 1. The minimum absolute atomic E-state index is 0.159. The highest BCUT2D eigenvalue weighted by Gasteiger charge is 2.26. The Labute approximate surface area is 104 Å². The van der Waals surface area contributed by atoms with E-state index in [9.17, 15) is 9.90 Å². The Kier molecular flexibility index (Phi) is 4.57.